The van der Waals surface area contributed by atoms with Crippen molar-refractivity contribution in [3.05, 3.63) is 60.0 Å². The third kappa shape index (κ3) is 3.42. The minimum Gasteiger partial charge on any atom is -0.297 e. The van der Waals surface area contributed by atoms with Gasteiger partial charge < -0.3 is 0 Å². The second kappa shape index (κ2) is 6.50. The molecule has 1 saturated heterocycles. The van der Waals surface area contributed by atoms with Gasteiger partial charge in [0.05, 0.1) is 11.2 Å². The second-order valence-corrected chi connectivity index (χ2v) is 6.52. The van der Waals surface area contributed by atoms with E-state index in [0.29, 0.717) is 5.92 Å². The van der Waals surface area contributed by atoms with Crippen LogP contribution in [0, 0.1) is 5.92 Å². The summed E-state index contributed by atoms with van der Waals surface area (Å²) >= 11 is 0. The van der Waals surface area contributed by atoms with Crippen LogP contribution >= 0.6 is 0 Å². The van der Waals surface area contributed by atoms with E-state index in [1.54, 1.807) is 0 Å². The molecule has 3 heterocycles. The van der Waals surface area contributed by atoms with Crippen molar-refractivity contribution in [2.24, 2.45) is 5.92 Å². The first-order valence-electron chi connectivity index (χ1n) is 8.42. The lowest BCUT2D eigenvalue weighted by Gasteiger charge is -2.32. The molecule has 23 heavy (non-hydrogen) atoms. The lowest BCUT2D eigenvalue weighted by molar-refractivity contribution is 0.165. The van der Waals surface area contributed by atoms with E-state index in [1.165, 1.54) is 36.2 Å². The Bertz CT molecular complexity index is 766. The van der Waals surface area contributed by atoms with Gasteiger partial charge in [0.15, 0.2) is 0 Å². The summed E-state index contributed by atoms with van der Waals surface area (Å²) in [5.74, 6) is 0.713. The van der Waals surface area contributed by atoms with Gasteiger partial charge in [0, 0.05) is 30.4 Å². The minimum absolute atomic E-state index is 0.713. The van der Waals surface area contributed by atoms with Crippen LogP contribution in [0.15, 0.2) is 48.7 Å². The number of H-pyrrole nitrogens is 1. The van der Waals surface area contributed by atoms with Crippen LogP contribution < -0.4 is 0 Å². The third-order valence-electron chi connectivity index (χ3n) is 4.71. The molecule has 0 aliphatic carbocycles. The fraction of sp³-hybridized carbons (Fsp3) is 0.368. The predicted molar refractivity (Wildman–Crippen MR) is 92.0 cm³/mol. The van der Waals surface area contributed by atoms with Gasteiger partial charge in [0.1, 0.15) is 0 Å². The third-order valence-corrected chi connectivity index (χ3v) is 4.71. The van der Waals surface area contributed by atoms with Gasteiger partial charge in [-0.2, -0.15) is 5.10 Å². The normalized spacial score (nSPS) is 19.2. The van der Waals surface area contributed by atoms with Gasteiger partial charge in [-0.05, 0) is 49.9 Å². The molecule has 0 amide bonds. The molecule has 4 rings (SSSR count). The van der Waals surface area contributed by atoms with E-state index in [2.05, 4.69) is 57.6 Å². The largest absolute Gasteiger partial charge is 0.297 e. The maximum absolute atomic E-state index is 4.81. The van der Waals surface area contributed by atoms with E-state index in [9.17, 15) is 0 Å². The number of hydrogen-bond donors (Lipinski definition) is 1. The van der Waals surface area contributed by atoms with Crippen molar-refractivity contribution in [3.63, 3.8) is 0 Å². The maximum Gasteiger partial charge on any atom is 0.0705 e. The highest BCUT2D eigenvalue weighted by Gasteiger charge is 2.21. The number of nitrogens with one attached hydrogen (secondary N) is 1. The van der Waals surface area contributed by atoms with Gasteiger partial charge >= 0.3 is 0 Å². The number of nitrogens with zero attached hydrogens (tertiary/aromatic N) is 3. The van der Waals surface area contributed by atoms with E-state index < -0.39 is 0 Å². The molecule has 118 valence electrons. The molecule has 0 bridgehead atoms. The lowest BCUT2D eigenvalue weighted by Crippen LogP contribution is -2.36. The van der Waals surface area contributed by atoms with Crippen molar-refractivity contribution < 1.29 is 0 Å². The van der Waals surface area contributed by atoms with E-state index in [0.717, 1.165) is 25.0 Å². The van der Waals surface area contributed by atoms with Crippen molar-refractivity contribution >= 4 is 10.9 Å². The van der Waals surface area contributed by atoms with Gasteiger partial charge in [0.2, 0.25) is 0 Å². The summed E-state index contributed by atoms with van der Waals surface area (Å²) in [6, 6.07) is 14.8. The van der Waals surface area contributed by atoms with Crippen LogP contribution in [0.25, 0.3) is 10.9 Å². The molecule has 4 nitrogen and oxygen atoms in total. The van der Waals surface area contributed by atoms with Crippen LogP contribution in [0.1, 0.15) is 24.2 Å². The molecule has 3 aromatic rings. The fourth-order valence-electron chi connectivity index (χ4n) is 3.60. The van der Waals surface area contributed by atoms with E-state index >= 15 is 0 Å². The van der Waals surface area contributed by atoms with Crippen molar-refractivity contribution in [2.75, 3.05) is 13.1 Å². The van der Waals surface area contributed by atoms with Crippen molar-refractivity contribution in [2.45, 2.75) is 25.8 Å². The number of aromatic amines is 1. The smallest absolute Gasteiger partial charge is 0.0705 e. The highest BCUT2D eigenvalue weighted by atomic mass is 15.1. The van der Waals surface area contributed by atoms with Crippen molar-refractivity contribution in [1.29, 1.82) is 0 Å². The van der Waals surface area contributed by atoms with Crippen molar-refractivity contribution in [3.8, 4) is 0 Å². The number of fused-ring (bicyclic) bond motifs is 1. The Kier molecular flexibility index (Phi) is 4.07. The average Bonchev–Trinajstić information content (AvgIpc) is 3.08. The SMILES string of the molecule is c1ccc2nc(CN3CCC[C@H](Cc4ccn[nH]4)C3)ccc2c1. The highest BCUT2D eigenvalue weighted by Crippen LogP contribution is 2.22. The Morgan fingerprint density at radius 1 is 1.13 bits per heavy atom. The highest BCUT2D eigenvalue weighted by molar-refractivity contribution is 5.78. The molecule has 1 fully saturated rings. The zero-order valence-corrected chi connectivity index (χ0v) is 13.3. The van der Waals surface area contributed by atoms with Gasteiger partial charge in [-0.15, -0.1) is 0 Å². The number of pyridine rings is 1. The number of para-hydroxylation sites is 1. The van der Waals surface area contributed by atoms with E-state index in [4.69, 9.17) is 4.98 Å². The van der Waals surface area contributed by atoms with Crippen LogP contribution in [0.3, 0.4) is 0 Å². The molecule has 1 N–H and O–H groups in total. The number of hydrogen-bond acceptors (Lipinski definition) is 3. The number of aromatic nitrogens is 3. The maximum atomic E-state index is 4.81. The summed E-state index contributed by atoms with van der Waals surface area (Å²) in [5, 5.41) is 8.36. The predicted octanol–water partition coefficient (Wildman–Crippen LogP) is 3.41. The first-order chi connectivity index (χ1) is 11.4. The van der Waals surface area contributed by atoms with Gasteiger partial charge in [-0.1, -0.05) is 24.3 Å². The summed E-state index contributed by atoms with van der Waals surface area (Å²) in [7, 11) is 0. The Balaban J connectivity index is 1.42. The first-order valence-corrected chi connectivity index (χ1v) is 8.42. The number of piperidine rings is 1. The first kappa shape index (κ1) is 14.4. The lowest BCUT2D eigenvalue weighted by atomic mass is 9.93. The summed E-state index contributed by atoms with van der Waals surface area (Å²) < 4.78 is 0. The van der Waals surface area contributed by atoms with Crippen LogP contribution in [0.2, 0.25) is 0 Å². The second-order valence-electron chi connectivity index (χ2n) is 6.52. The van der Waals surface area contributed by atoms with Crippen molar-refractivity contribution in [1.82, 2.24) is 20.1 Å². The topological polar surface area (TPSA) is 44.8 Å². The average molecular weight is 306 g/mol. The molecule has 0 saturated carbocycles. The quantitative estimate of drug-likeness (QED) is 0.803. The number of benzene rings is 1. The molecule has 0 spiro atoms. The summed E-state index contributed by atoms with van der Waals surface area (Å²) in [5.41, 5.74) is 3.52. The van der Waals surface area contributed by atoms with Crippen LogP contribution in [0.4, 0.5) is 0 Å². The molecule has 4 heteroatoms. The van der Waals surface area contributed by atoms with E-state index in [-0.39, 0.29) is 0 Å². The Morgan fingerprint density at radius 3 is 3.00 bits per heavy atom. The van der Waals surface area contributed by atoms with E-state index in [1.807, 2.05) is 6.20 Å². The summed E-state index contributed by atoms with van der Waals surface area (Å²) in [6.07, 6.45) is 5.52. The number of likely N-dealkylation sites (tertiary alicyclic amines) is 1. The Labute approximate surface area is 136 Å². The van der Waals surface area contributed by atoms with Gasteiger partial charge in [-0.25, -0.2) is 0 Å². The van der Waals surface area contributed by atoms with Crippen LogP contribution in [-0.4, -0.2) is 33.2 Å². The molecular formula is C19H22N4. The summed E-state index contributed by atoms with van der Waals surface area (Å²) in [4.78, 5) is 7.36. The molecular weight excluding hydrogens is 284 g/mol. The molecule has 1 atom stereocenters. The van der Waals surface area contributed by atoms with Gasteiger partial charge in [0.25, 0.3) is 0 Å². The molecule has 1 aliphatic heterocycles. The molecule has 2 aromatic heterocycles. The Morgan fingerprint density at radius 2 is 2.09 bits per heavy atom. The molecule has 1 aromatic carbocycles. The zero-order chi connectivity index (χ0) is 15.5. The summed E-state index contributed by atoms with van der Waals surface area (Å²) in [6.45, 7) is 3.27. The van der Waals surface area contributed by atoms with Crippen LogP contribution in [0.5, 0.6) is 0 Å². The zero-order valence-electron chi connectivity index (χ0n) is 13.3. The molecule has 0 unspecified atom stereocenters. The molecule has 0 radical (unpaired) electrons. The number of rotatable bonds is 4. The standard InChI is InChI=1S/C19H22N4/c1-2-6-19-16(5-1)7-8-18(21-19)14-23-11-3-4-15(13-23)12-17-9-10-20-22-17/h1-2,5-10,15H,3-4,11-14H2,(H,20,22)/t15-/m1/s1. The monoisotopic (exact) mass is 306 g/mol. The molecule has 1 aliphatic rings. The minimum atomic E-state index is 0.713. The fourth-order valence-corrected chi connectivity index (χ4v) is 3.60. The van der Waals surface area contributed by atoms with Crippen LogP contribution in [-0.2, 0) is 13.0 Å². The Hall–Kier alpha value is -2.20. The van der Waals surface area contributed by atoms with Gasteiger partial charge in [-0.3, -0.25) is 15.0 Å².